The molecule has 0 atom stereocenters. The third-order valence-electron chi connectivity index (χ3n) is 10.8. The van der Waals surface area contributed by atoms with E-state index >= 15 is 0 Å². The Bertz CT molecular complexity index is 3160. The van der Waals surface area contributed by atoms with Crippen LogP contribution in [-0.4, -0.2) is 4.57 Å². The molecular weight excluding hydrogens is 685 g/mol. The van der Waals surface area contributed by atoms with Crippen molar-refractivity contribution in [3.8, 4) is 28.3 Å². The maximum atomic E-state index is 6.41. The number of thiophene rings is 2. The Hall–Kier alpha value is -6.40. The van der Waals surface area contributed by atoms with Gasteiger partial charge in [-0.1, -0.05) is 103 Å². The number of anilines is 3. The van der Waals surface area contributed by atoms with Crippen LogP contribution in [0.1, 0.15) is 0 Å². The van der Waals surface area contributed by atoms with Gasteiger partial charge in [-0.2, -0.15) is 0 Å². The molecule has 1 aliphatic rings. The second-order valence-electron chi connectivity index (χ2n) is 13.7. The van der Waals surface area contributed by atoms with Gasteiger partial charge in [0.2, 0.25) is 0 Å². The highest BCUT2D eigenvalue weighted by atomic mass is 32.1. The first-order valence-electron chi connectivity index (χ1n) is 17.8. The van der Waals surface area contributed by atoms with Crippen LogP contribution in [0.15, 0.2) is 170 Å². The molecule has 53 heavy (non-hydrogen) atoms. The van der Waals surface area contributed by atoms with Gasteiger partial charge in [-0.05, 0) is 72.3 Å². The predicted molar refractivity (Wildman–Crippen MR) is 227 cm³/mol. The summed E-state index contributed by atoms with van der Waals surface area (Å²) in [5, 5.41) is 7.65. The van der Waals surface area contributed by atoms with Crippen molar-refractivity contribution >= 4 is 102 Å². The first kappa shape index (κ1) is 29.2. The molecule has 11 aromatic rings. The lowest BCUT2D eigenvalue weighted by Crippen LogP contribution is -2.09. The number of para-hydroxylation sites is 4. The van der Waals surface area contributed by atoms with Gasteiger partial charge >= 0.3 is 0 Å². The fourth-order valence-corrected chi connectivity index (χ4v) is 10.7. The minimum absolute atomic E-state index is 0.872. The van der Waals surface area contributed by atoms with Crippen molar-refractivity contribution in [2.75, 3.05) is 4.90 Å². The summed E-state index contributed by atoms with van der Waals surface area (Å²) in [7, 11) is 0. The summed E-state index contributed by atoms with van der Waals surface area (Å²) in [5.41, 5.74) is 9.14. The highest BCUT2D eigenvalue weighted by Crippen LogP contribution is 2.48. The van der Waals surface area contributed by atoms with Crippen LogP contribution < -0.4 is 9.64 Å². The van der Waals surface area contributed by atoms with E-state index in [0.717, 1.165) is 39.8 Å². The Morgan fingerprint density at radius 2 is 0.925 bits per heavy atom. The standard InChI is InChI=1S/C48H28N2OS2/c1-5-17-43-34(9-1)36-25-23-31(27-45(36)52-43)49(32-24-26-37-35-10-2-6-18-44(35)53-46(37)28-32)30-21-19-29(20-22-30)33-11-7-12-38-39-13-8-16-42-48(39)50(47(33)38)40-14-3-4-15-41(40)51-42/h1-28H. The highest BCUT2D eigenvalue weighted by molar-refractivity contribution is 7.26. The van der Waals surface area contributed by atoms with Crippen molar-refractivity contribution in [2.24, 2.45) is 0 Å². The fraction of sp³-hybridized carbons (Fsp3) is 0. The molecule has 8 aromatic carbocycles. The zero-order valence-corrected chi connectivity index (χ0v) is 29.9. The van der Waals surface area contributed by atoms with Crippen LogP contribution >= 0.6 is 22.7 Å². The van der Waals surface area contributed by atoms with Gasteiger partial charge in [0.1, 0.15) is 0 Å². The molecule has 0 N–H and O–H groups in total. The maximum absolute atomic E-state index is 6.41. The summed E-state index contributed by atoms with van der Waals surface area (Å²) in [4.78, 5) is 2.41. The van der Waals surface area contributed by atoms with Crippen molar-refractivity contribution < 1.29 is 4.74 Å². The summed E-state index contributed by atoms with van der Waals surface area (Å²) in [6, 6.07) is 61.8. The predicted octanol–water partition coefficient (Wildman–Crippen LogP) is 14.8. The molecule has 1 aliphatic heterocycles. The van der Waals surface area contributed by atoms with E-state index in [-0.39, 0.29) is 0 Å². The molecule has 5 heteroatoms. The van der Waals surface area contributed by atoms with Crippen LogP contribution in [-0.2, 0) is 0 Å². The van der Waals surface area contributed by atoms with E-state index in [1.165, 1.54) is 67.8 Å². The van der Waals surface area contributed by atoms with Crippen LogP contribution in [0.2, 0.25) is 0 Å². The molecule has 0 spiro atoms. The van der Waals surface area contributed by atoms with E-state index in [2.05, 4.69) is 173 Å². The summed E-state index contributed by atoms with van der Waals surface area (Å²) in [6.07, 6.45) is 0. The summed E-state index contributed by atoms with van der Waals surface area (Å²) in [6.45, 7) is 0. The Morgan fingerprint density at radius 1 is 0.396 bits per heavy atom. The van der Waals surface area contributed by atoms with E-state index in [1.807, 2.05) is 28.7 Å². The largest absolute Gasteiger partial charge is 0.453 e. The monoisotopic (exact) mass is 712 g/mol. The second kappa shape index (κ2) is 11.1. The number of hydrogen-bond acceptors (Lipinski definition) is 4. The lowest BCUT2D eigenvalue weighted by Gasteiger charge is -2.26. The highest BCUT2D eigenvalue weighted by Gasteiger charge is 2.25. The summed E-state index contributed by atoms with van der Waals surface area (Å²) < 4.78 is 14.0. The van der Waals surface area contributed by atoms with Gasteiger partial charge in [0.15, 0.2) is 11.5 Å². The lowest BCUT2D eigenvalue weighted by molar-refractivity contribution is 0.476. The van der Waals surface area contributed by atoms with Gasteiger partial charge in [0.25, 0.3) is 0 Å². The van der Waals surface area contributed by atoms with Crippen LogP contribution in [0, 0.1) is 0 Å². The molecule has 0 unspecified atom stereocenters. The maximum Gasteiger partial charge on any atom is 0.152 e. The SMILES string of the molecule is c1ccc2c(c1)Oc1cccc3c4cccc(-c5ccc(N(c6ccc7c(c6)sc6ccccc67)c6ccc7c(c6)sc6ccccc67)cc5)c4n-2c13. The van der Waals surface area contributed by atoms with Gasteiger partial charge in [-0.15, -0.1) is 22.7 Å². The number of ether oxygens (including phenoxy) is 1. The first-order chi connectivity index (χ1) is 26.3. The van der Waals surface area contributed by atoms with Gasteiger partial charge < -0.3 is 14.2 Å². The minimum atomic E-state index is 0.872. The Kier molecular flexibility index (Phi) is 6.09. The molecule has 4 heterocycles. The summed E-state index contributed by atoms with van der Waals surface area (Å²) in [5.74, 6) is 1.76. The normalized spacial score (nSPS) is 12.3. The molecule has 0 saturated heterocycles. The van der Waals surface area contributed by atoms with Crippen molar-refractivity contribution in [3.05, 3.63) is 170 Å². The number of hydrogen-bond donors (Lipinski definition) is 0. The van der Waals surface area contributed by atoms with Crippen LogP contribution in [0.4, 0.5) is 17.1 Å². The van der Waals surface area contributed by atoms with E-state index in [9.17, 15) is 0 Å². The first-order valence-corrected chi connectivity index (χ1v) is 19.5. The number of rotatable bonds is 4. The van der Waals surface area contributed by atoms with Crippen molar-refractivity contribution in [2.45, 2.75) is 0 Å². The molecule has 0 saturated carbocycles. The minimum Gasteiger partial charge on any atom is -0.453 e. The Labute approximate surface area is 312 Å². The molecule has 0 radical (unpaired) electrons. The van der Waals surface area contributed by atoms with E-state index in [1.54, 1.807) is 0 Å². The van der Waals surface area contributed by atoms with Gasteiger partial charge in [-0.3, -0.25) is 0 Å². The third-order valence-corrected chi connectivity index (χ3v) is 13.0. The molecule has 0 bridgehead atoms. The second-order valence-corrected chi connectivity index (χ2v) is 15.9. The smallest absolute Gasteiger partial charge is 0.152 e. The topological polar surface area (TPSA) is 17.4 Å². The number of benzene rings is 8. The number of nitrogens with zero attached hydrogens (tertiary/aromatic N) is 2. The number of fused-ring (bicyclic) bond motifs is 11. The van der Waals surface area contributed by atoms with Crippen LogP contribution in [0.25, 0.3) is 79.0 Å². The molecular formula is C48H28N2OS2. The van der Waals surface area contributed by atoms with Crippen molar-refractivity contribution in [1.82, 2.24) is 4.57 Å². The molecule has 248 valence electrons. The Balaban J connectivity index is 1.04. The average molecular weight is 713 g/mol. The zero-order valence-electron chi connectivity index (χ0n) is 28.3. The lowest BCUT2D eigenvalue weighted by atomic mass is 10.0. The van der Waals surface area contributed by atoms with Crippen LogP contribution in [0.5, 0.6) is 11.5 Å². The Morgan fingerprint density at radius 3 is 1.62 bits per heavy atom. The molecule has 0 amide bonds. The van der Waals surface area contributed by atoms with E-state index in [4.69, 9.17) is 4.74 Å². The van der Waals surface area contributed by atoms with E-state index in [0.29, 0.717) is 0 Å². The molecule has 0 fully saturated rings. The van der Waals surface area contributed by atoms with Crippen molar-refractivity contribution in [3.63, 3.8) is 0 Å². The number of aromatic nitrogens is 1. The van der Waals surface area contributed by atoms with E-state index < -0.39 is 0 Å². The molecule has 3 nitrogen and oxygen atoms in total. The molecule has 3 aromatic heterocycles. The zero-order chi connectivity index (χ0) is 34.6. The molecule has 12 rings (SSSR count). The third kappa shape index (κ3) is 4.26. The van der Waals surface area contributed by atoms with Crippen LogP contribution in [0.3, 0.4) is 0 Å². The quantitative estimate of drug-likeness (QED) is 0.181. The average Bonchev–Trinajstić information content (AvgIpc) is 3.88. The summed E-state index contributed by atoms with van der Waals surface area (Å²) >= 11 is 3.72. The molecule has 0 aliphatic carbocycles. The van der Waals surface area contributed by atoms with Gasteiger partial charge in [-0.25, -0.2) is 0 Å². The van der Waals surface area contributed by atoms with Crippen molar-refractivity contribution in [1.29, 1.82) is 0 Å². The fourth-order valence-electron chi connectivity index (χ4n) is 8.43. The van der Waals surface area contributed by atoms with Gasteiger partial charge in [0.05, 0.1) is 16.7 Å². The van der Waals surface area contributed by atoms with Gasteiger partial charge in [0, 0.05) is 73.7 Å².